The van der Waals surface area contributed by atoms with Gasteiger partial charge in [0.05, 0.1) is 37.9 Å². The van der Waals surface area contributed by atoms with E-state index in [-0.39, 0.29) is 6.42 Å². The van der Waals surface area contributed by atoms with E-state index in [9.17, 15) is 15.0 Å². The van der Waals surface area contributed by atoms with Gasteiger partial charge in [-0.2, -0.15) is 0 Å². The lowest BCUT2D eigenvalue weighted by Gasteiger charge is -2.14. The van der Waals surface area contributed by atoms with Crippen LogP contribution in [0.4, 0.5) is 0 Å². The first-order valence-electron chi connectivity index (χ1n) is 4.06. The van der Waals surface area contributed by atoms with E-state index >= 15 is 0 Å². The molecule has 0 fully saturated rings. The van der Waals surface area contributed by atoms with Crippen LogP contribution in [0.25, 0.3) is 0 Å². The molecule has 0 aromatic carbocycles. The van der Waals surface area contributed by atoms with Crippen molar-refractivity contribution in [3.63, 3.8) is 0 Å². The number of hydrogen-bond donors (Lipinski definition) is 3. The van der Waals surface area contributed by atoms with E-state index in [0.717, 1.165) is 0 Å². The molecule has 2 unspecified atom stereocenters. The lowest BCUT2D eigenvalue weighted by Crippen LogP contribution is -2.22. The molecule has 0 aliphatic heterocycles. The zero-order valence-corrected chi connectivity index (χ0v) is 7.67. The summed E-state index contributed by atoms with van der Waals surface area (Å²) in [6.07, 6.45) is 0.158. The molecule has 0 spiro atoms. The van der Waals surface area contributed by atoms with Crippen molar-refractivity contribution in [2.45, 2.75) is 18.6 Å². The number of aromatic amines is 1. The minimum absolute atomic E-state index is 0.253. The van der Waals surface area contributed by atoms with Gasteiger partial charge >= 0.3 is 5.97 Å². The van der Waals surface area contributed by atoms with Crippen molar-refractivity contribution in [2.75, 3.05) is 7.11 Å². The van der Waals surface area contributed by atoms with Gasteiger partial charge in [-0.15, -0.1) is 0 Å². The van der Waals surface area contributed by atoms with E-state index in [1.165, 1.54) is 19.6 Å². The number of H-pyrrole nitrogens is 1. The molecule has 6 heteroatoms. The van der Waals surface area contributed by atoms with E-state index in [2.05, 4.69) is 14.7 Å². The summed E-state index contributed by atoms with van der Waals surface area (Å²) in [6.45, 7) is 0. The van der Waals surface area contributed by atoms with Crippen molar-refractivity contribution in [1.29, 1.82) is 0 Å². The highest BCUT2D eigenvalue weighted by molar-refractivity contribution is 5.69. The molecule has 1 aromatic heterocycles. The zero-order valence-electron chi connectivity index (χ0n) is 7.67. The van der Waals surface area contributed by atoms with Crippen LogP contribution in [0.2, 0.25) is 0 Å². The number of esters is 1. The summed E-state index contributed by atoms with van der Waals surface area (Å²) in [4.78, 5) is 17.1. The number of carbonyl (C=O) groups excluding carboxylic acids is 1. The maximum absolute atomic E-state index is 10.8. The molecular formula is C8H12N2O4. The average Bonchev–Trinajstić information content (AvgIpc) is 2.69. The summed E-state index contributed by atoms with van der Waals surface area (Å²) in [7, 11) is 1.22. The molecule has 0 saturated heterocycles. The number of hydrogen-bond acceptors (Lipinski definition) is 5. The van der Waals surface area contributed by atoms with E-state index in [1.54, 1.807) is 0 Å². The second kappa shape index (κ2) is 4.73. The lowest BCUT2D eigenvalue weighted by molar-refractivity contribution is -0.144. The monoisotopic (exact) mass is 200 g/mol. The van der Waals surface area contributed by atoms with Crippen LogP contribution in [0, 0.1) is 0 Å². The number of imidazole rings is 1. The third kappa shape index (κ3) is 2.54. The van der Waals surface area contributed by atoms with Crippen molar-refractivity contribution < 1.29 is 19.7 Å². The first-order chi connectivity index (χ1) is 6.65. The summed E-state index contributed by atoms with van der Waals surface area (Å²) >= 11 is 0. The first-order valence-corrected chi connectivity index (χ1v) is 4.06. The summed E-state index contributed by atoms with van der Waals surface area (Å²) < 4.78 is 4.35. The normalized spacial score (nSPS) is 14.8. The van der Waals surface area contributed by atoms with Gasteiger partial charge in [-0.1, -0.05) is 0 Å². The molecule has 0 aliphatic carbocycles. The van der Waals surface area contributed by atoms with Crippen LogP contribution >= 0.6 is 0 Å². The quantitative estimate of drug-likeness (QED) is 0.562. The molecular weight excluding hydrogens is 188 g/mol. The van der Waals surface area contributed by atoms with Gasteiger partial charge in [0.1, 0.15) is 6.10 Å². The van der Waals surface area contributed by atoms with Crippen LogP contribution in [0.5, 0.6) is 0 Å². The van der Waals surface area contributed by atoms with Gasteiger partial charge < -0.3 is 19.9 Å². The molecule has 1 rings (SSSR count). The Morgan fingerprint density at radius 2 is 2.43 bits per heavy atom. The van der Waals surface area contributed by atoms with Crippen molar-refractivity contribution in [3.05, 3.63) is 18.2 Å². The van der Waals surface area contributed by atoms with Crippen LogP contribution in [0.3, 0.4) is 0 Å². The third-order valence-corrected chi connectivity index (χ3v) is 1.81. The molecule has 0 aliphatic rings. The average molecular weight is 200 g/mol. The fraction of sp³-hybridized carbons (Fsp3) is 0.500. The summed E-state index contributed by atoms with van der Waals surface area (Å²) in [5.41, 5.74) is 0.362. The molecule has 0 radical (unpaired) electrons. The van der Waals surface area contributed by atoms with Gasteiger partial charge in [-0.25, -0.2) is 4.98 Å². The van der Waals surface area contributed by atoms with E-state index < -0.39 is 18.2 Å². The molecule has 0 saturated carbocycles. The van der Waals surface area contributed by atoms with Crippen LogP contribution in [-0.4, -0.2) is 39.4 Å². The third-order valence-electron chi connectivity index (χ3n) is 1.81. The summed E-state index contributed by atoms with van der Waals surface area (Å²) in [6, 6.07) is 0. The predicted molar refractivity (Wildman–Crippen MR) is 46.2 cm³/mol. The largest absolute Gasteiger partial charge is 0.469 e. The molecule has 6 nitrogen and oxygen atoms in total. The highest BCUT2D eigenvalue weighted by atomic mass is 16.5. The highest BCUT2D eigenvalue weighted by Crippen LogP contribution is 2.16. The molecule has 3 N–H and O–H groups in total. The van der Waals surface area contributed by atoms with Gasteiger partial charge in [-0.3, -0.25) is 4.79 Å². The Hall–Kier alpha value is -1.40. The fourth-order valence-electron chi connectivity index (χ4n) is 1.00. The van der Waals surface area contributed by atoms with Crippen molar-refractivity contribution in [3.8, 4) is 0 Å². The Balaban J connectivity index is 2.53. The number of nitrogens with zero attached hydrogens (tertiary/aromatic N) is 1. The maximum Gasteiger partial charge on any atom is 0.308 e. The highest BCUT2D eigenvalue weighted by Gasteiger charge is 2.22. The van der Waals surface area contributed by atoms with Gasteiger partial charge in [0, 0.05) is 0 Å². The lowest BCUT2D eigenvalue weighted by atomic mass is 10.1. The Morgan fingerprint density at radius 3 is 2.93 bits per heavy atom. The van der Waals surface area contributed by atoms with Crippen molar-refractivity contribution in [2.24, 2.45) is 0 Å². The van der Waals surface area contributed by atoms with Crippen molar-refractivity contribution >= 4 is 5.97 Å². The Kier molecular flexibility index (Phi) is 3.61. The molecule has 1 aromatic rings. The molecule has 1 heterocycles. The number of aliphatic hydroxyl groups excluding tert-OH is 2. The second-order valence-electron chi connectivity index (χ2n) is 2.80. The number of ether oxygens (including phenoxy) is 1. The number of carbonyl (C=O) groups is 1. The SMILES string of the molecule is COC(=O)CC(O)C(O)c1cnc[nH]1. The summed E-state index contributed by atoms with van der Waals surface area (Å²) in [5, 5.41) is 18.9. The Morgan fingerprint density at radius 1 is 1.71 bits per heavy atom. The Bertz CT molecular complexity index is 286. The summed E-state index contributed by atoms with van der Waals surface area (Å²) in [5.74, 6) is -0.573. The number of rotatable bonds is 4. The smallest absolute Gasteiger partial charge is 0.308 e. The van der Waals surface area contributed by atoms with Crippen LogP contribution in [0.1, 0.15) is 18.2 Å². The topological polar surface area (TPSA) is 95.4 Å². The second-order valence-corrected chi connectivity index (χ2v) is 2.80. The number of methoxy groups -OCH3 is 1. The van der Waals surface area contributed by atoms with Gasteiger partial charge in [-0.05, 0) is 0 Å². The number of nitrogens with one attached hydrogen (secondary N) is 1. The molecule has 0 amide bonds. The minimum Gasteiger partial charge on any atom is -0.469 e. The van der Waals surface area contributed by atoms with E-state index in [0.29, 0.717) is 5.69 Å². The molecule has 78 valence electrons. The van der Waals surface area contributed by atoms with E-state index in [1.807, 2.05) is 0 Å². The van der Waals surface area contributed by atoms with Crippen molar-refractivity contribution in [1.82, 2.24) is 9.97 Å². The fourth-order valence-corrected chi connectivity index (χ4v) is 1.00. The van der Waals surface area contributed by atoms with Crippen LogP contribution in [-0.2, 0) is 9.53 Å². The Labute approximate surface area is 80.5 Å². The predicted octanol–water partition coefficient (Wildman–Crippen LogP) is -0.633. The standard InChI is InChI=1S/C8H12N2O4/c1-14-7(12)2-6(11)8(13)5-3-9-4-10-5/h3-4,6,8,11,13H,2H2,1H3,(H,9,10). The van der Waals surface area contributed by atoms with E-state index in [4.69, 9.17) is 0 Å². The first kappa shape index (κ1) is 10.7. The van der Waals surface area contributed by atoms with Gasteiger partial charge in [0.25, 0.3) is 0 Å². The van der Waals surface area contributed by atoms with Gasteiger partial charge in [0.2, 0.25) is 0 Å². The number of aliphatic hydroxyl groups is 2. The molecule has 14 heavy (non-hydrogen) atoms. The van der Waals surface area contributed by atoms with Crippen LogP contribution < -0.4 is 0 Å². The number of aromatic nitrogens is 2. The maximum atomic E-state index is 10.8. The molecule has 2 atom stereocenters. The van der Waals surface area contributed by atoms with Crippen LogP contribution in [0.15, 0.2) is 12.5 Å². The minimum atomic E-state index is -1.19. The molecule has 0 bridgehead atoms. The van der Waals surface area contributed by atoms with Gasteiger partial charge in [0.15, 0.2) is 0 Å². The zero-order chi connectivity index (χ0) is 10.6.